The Labute approximate surface area is 106 Å². The van der Waals surface area contributed by atoms with Gasteiger partial charge < -0.3 is 0 Å². The summed E-state index contributed by atoms with van der Waals surface area (Å²) in [4.78, 5) is 16.3. The van der Waals surface area contributed by atoms with Crippen LogP contribution in [0.4, 0.5) is 0 Å². The minimum atomic E-state index is -0.416. The highest BCUT2D eigenvalue weighted by molar-refractivity contribution is 6.00. The standard InChI is InChI=1S/C15H12N2O/c16-9-8-14(12-5-2-1-3-6-12)15(18)13-7-4-10-17-11-13/h1-7,10-11,14H,8H2/t14-/m0/s1. The second kappa shape index (κ2) is 5.74. The topological polar surface area (TPSA) is 53.8 Å². The first-order valence-electron chi connectivity index (χ1n) is 5.69. The van der Waals surface area contributed by atoms with E-state index < -0.39 is 5.92 Å². The molecule has 0 aliphatic carbocycles. The number of nitrogens with zero attached hydrogens (tertiary/aromatic N) is 2. The molecule has 0 bridgehead atoms. The number of aromatic nitrogens is 1. The van der Waals surface area contributed by atoms with E-state index in [-0.39, 0.29) is 12.2 Å². The molecule has 1 aromatic heterocycles. The number of benzene rings is 1. The Morgan fingerprint density at radius 2 is 2.00 bits per heavy atom. The number of nitriles is 1. The molecule has 0 aliphatic rings. The second-order valence-corrected chi connectivity index (χ2v) is 3.93. The molecule has 2 aromatic rings. The van der Waals surface area contributed by atoms with E-state index in [4.69, 9.17) is 5.26 Å². The average Bonchev–Trinajstić information content (AvgIpc) is 2.46. The van der Waals surface area contributed by atoms with Crippen molar-refractivity contribution in [3.63, 3.8) is 0 Å². The van der Waals surface area contributed by atoms with Crippen molar-refractivity contribution in [3.05, 3.63) is 66.0 Å². The largest absolute Gasteiger partial charge is 0.293 e. The molecule has 0 amide bonds. The number of Topliss-reactive ketones (excluding diaryl/α,β-unsaturated/α-hetero) is 1. The molecule has 1 atom stereocenters. The first-order chi connectivity index (χ1) is 8.83. The van der Waals surface area contributed by atoms with Crippen LogP contribution in [0.15, 0.2) is 54.9 Å². The second-order valence-electron chi connectivity index (χ2n) is 3.93. The predicted molar refractivity (Wildman–Crippen MR) is 68.0 cm³/mol. The third-order valence-electron chi connectivity index (χ3n) is 2.76. The van der Waals surface area contributed by atoms with Crippen LogP contribution in [0.5, 0.6) is 0 Å². The van der Waals surface area contributed by atoms with E-state index in [1.165, 1.54) is 6.20 Å². The maximum Gasteiger partial charge on any atom is 0.172 e. The summed E-state index contributed by atoms with van der Waals surface area (Å²) in [6, 6.07) is 14.9. The highest BCUT2D eigenvalue weighted by atomic mass is 16.1. The molecular weight excluding hydrogens is 224 g/mol. The van der Waals surface area contributed by atoms with E-state index in [0.717, 1.165) is 5.56 Å². The molecule has 2 rings (SSSR count). The van der Waals surface area contributed by atoms with Gasteiger partial charge >= 0.3 is 0 Å². The zero-order chi connectivity index (χ0) is 12.8. The molecule has 1 aromatic carbocycles. The number of carbonyl (C=O) groups is 1. The van der Waals surface area contributed by atoms with Gasteiger partial charge in [0.05, 0.1) is 12.0 Å². The molecule has 0 saturated carbocycles. The van der Waals surface area contributed by atoms with Gasteiger partial charge in [-0.1, -0.05) is 30.3 Å². The van der Waals surface area contributed by atoms with Crippen LogP contribution >= 0.6 is 0 Å². The highest BCUT2D eigenvalue weighted by Crippen LogP contribution is 2.23. The summed E-state index contributed by atoms with van der Waals surface area (Å²) in [5.74, 6) is -0.476. The maximum atomic E-state index is 12.3. The van der Waals surface area contributed by atoms with E-state index in [9.17, 15) is 4.79 Å². The monoisotopic (exact) mass is 236 g/mol. The SMILES string of the molecule is N#CC[C@H](C(=O)c1cccnc1)c1ccccc1. The number of hydrogen-bond donors (Lipinski definition) is 0. The van der Waals surface area contributed by atoms with E-state index >= 15 is 0 Å². The van der Waals surface area contributed by atoms with Gasteiger partial charge in [0.1, 0.15) is 0 Å². The summed E-state index contributed by atoms with van der Waals surface area (Å²) in [7, 11) is 0. The van der Waals surface area contributed by atoms with Crippen molar-refractivity contribution < 1.29 is 4.79 Å². The van der Waals surface area contributed by atoms with E-state index in [1.54, 1.807) is 18.3 Å². The van der Waals surface area contributed by atoms with Crippen molar-refractivity contribution >= 4 is 5.78 Å². The Morgan fingerprint density at radius 1 is 1.22 bits per heavy atom. The lowest BCUT2D eigenvalue weighted by atomic mass is 9.89. The number of pyridine rings is 1. The Hall–Kier alpha value is -2.47. The first kappa shape index (κ1) is 12.0. The van der Waals surface area contributed by atoms with Gasteiger partial charge in [-0.25, -0.2) is 0 Å². The van der Waals surface area contributed by atoms with E-state index in [2.05, 4.69) is 11.1 Å². The normalized spacial score (nSPS) is 11.5. The minimum absolute atomic E-state index is 0.0594. The Bertz CT molecular complexity index is 558. The summed E-state index contributed by atoms with van der Waals surface area (Å²) in [6.07, 6.45) is 3.34. The molecule has 18 heavy (non-hydrogen) atoms. The Morgan fingerprint density at radius 3 is 2.61 bits per heavy atom. The van der Waals surface area contributed by atoms with E-state index in [0.29, 0.717) is 5.56 Å². The van der Waals surface area contributed by atoms with Crippen LogP contribution < -0.4 is 0 Å². The zero-order valence-corrected chi connectivity index (χ0v) is 9.78. The van der Waals surface area contributed by atoms with Crippen molar-refractivity contribution in [2.45, 2.75) is 12.3 Å². The fourth-order valence-electron chi connectivity index (χ4n) is 1.85. The van der Waals surface area contributed by atoms with Crippen LogP contribution in [0.2, 0.25) is 0 Å². The van der Waals surface area contributed by atoms with Gasteiger partial charge in [0.2, 0.25) is 0 Å². The molecular formula is C15H12N2O. The van der Waals surface area contributed by atoms with Gasteiger partial charge in [-0.05, 0) is 17.7 Å². The minimum Gasteiger partial charge on any atom is -0.293 e. The number of hydrogen-bond acceptors (Lipinski definition) is 3. The van der Waals surface area contributed by atoms with Gasteiger partial charge in [0, 0.05) is 24.4 Å². The molecule has 0 N–H and O–H groups in total. The average molecular weight is 236 g/mol. The molecule has 3 nitrogen and oxygen atoms in total. The number of ketones is 1. The molecule has 0 saturated heterocycles. The molecule has 0 unspecified atom stereocenters. The quantitative estimate of drug-likeness (QED) is 0.767. The Balaban J connectivity index is 2.32. The molecule has 0 aliphatic heterocycles. The van der Waals surface area contributed by atoms with Crippen LogP contribution in [0, 0.1) is 11.3 Å². The molecule has 0 spiro atoms. The van der Waals surface area contributed by atoms with Gasteiger partial charge in [0.25, 0.3) is 0 Å². The third kappa shape index (κ3) is 2.61. The van der Waals surface area contributed by atoms with Gasteiger partial charge in [-0.15, -0.1) is 0 Å². The van der Waals surface area contributed by atoms with Gasteiger partial charge in [0.15, 0.2) is 5.78 Å². The fourth-order valence-corrected chi connectivity index (χ4v) is 1.85. The Kier molecular flexibility index (Phi) is 3.83. The van der Waals surface area contributed by atoms with Crippen LogP contribution in [-0.2, 0) is 0 Å². The summed E-state index contributed by atoms with van der Waals surface area (Å²) in [5, 5.41) is 8.88. The predicted octanol–water partition coefficient (Wildman–Crippen LogP) is 2.96. The lowest BCUT2D eigenvalue weighted by molar-refractivity contribution is 0.0960. The summed E-state index contributed by atoms with van der Waals surface area (Å²) < 4.78 is 0. The maximum absolute atomic E-state index is 12.3. The van der Waals surface area contributed by atoms with E-state index in [1.807, 2.05) is 30.3 Å². The zero-order valence-electron chi connectivity index (χ0n) is 9.78. The third-order valence-corrected chi connectivity index (χ3v) is 2.76. The first-order valence-corrected chi connectivity index (χ1v) is 5.69. The van der Waals surface area contributed by atoms with Crippen molar-refractivity contribution in [2.75, 3.05) is 0 Å². The van der Waals surface area contributed by atoms with Crippen molar-refractivity contribution in [1.82, 2.24) is 4.98 Å². The molecule has 3 heteroatoms. The van der Waals surface area contributed by atoms with Gasteiger partial charge in [-0.2, -0.15) is 5.26 Å². The smallest absolute Gasteiger partial charge is 0.172 e. The molecule has 1 heterocycles. The van der Waals surface area contributed by atoms with Crippen molar-refractivity contribution in [2.24, 2.45) is 0 Å². The summed E-state index contributed by atoms with van der Waals surface area (Å²) in [6.45, 7) is 0. The lowest BCUT2D eigenvalue weighted by Crippen LogP contribution is -2.12. The summed E-state index contributed by atoms with van der Waals surface area (Å²) in [5.41, 5.74) is 1.41. The molecule has 88 valence electrons. The van der Waals surface area contributed by atoms with Crippen LogP contribution in [0.25, 0.3) is 0 Å². The van der Waals surface area contributed by atoms with Crippen molar-refractivity contribution in [1.29, 1.82) is 5.26 Å². The van der Waals surface area contributed by atoms with Crippen molar-refractivity contribution in [3.8, 4) is 6.07 Å². The lowest BCUT2D eigenvalue weighted by Gasteiger charge is -2.12. The summed E-state index contributed by atoms with van der Waals surface area (Å²) >= 11 is 0. The molecule has 0 radical (unpaired) electrons. The number of carbonyl (C=O) groups excluding carboxylic acids is 1. The fraction of sp³-hybridized carbons (Fsp3) is 0.133. The number of rotatable bonds is 4. The van der Waals surface area contributed by atoms with Crippen LogP contribution in [-0.4, -0.2) is 10.8 Å². The van der Waals surface area contributed by atoms with Gasteiger partial charge in [-0.3, -0.25) is 9.78 Å². The van der Waals surface area contributed by atoms with Crippen LogP contribution in [0.1, 0.15) is 28.3 Å². The molecule has 0 fully saturated rings. The van der Waals surface area contributed by atoms with Crippen LogP contribution in [0.3, 0.4) is 0 Å². The highest BCUT2D eigenvalue weighted by Gasteiger charge is 2.21.